The third kappa shape index (κ3) is 4.42. The molecule has 0 aliphatic carbocycles. The van der Waals surface area contributed by atoms with Crippen LogP contribution in [-0.4, -0.2) is 69.2 Å². The fraction of sp³-hybridized carbons (Fsp3) is 0.667. The number of hydrogen-bond donors (Lipinski definition) is 4. The third-order valence-electron chi connectivity index (χ3n) is 3.26. The highest BCUT2D eigenvalue weighted by Crippen LogP contribution is 2.17. The Hall–Kier alpha value is -2.16. The number of carboxylic acid groups (broad SMARTS) is 2. The number of carboxylic acids is 2. The van der Waals surface area contributed by atoms with Crippen LogP contribution in [0.4, 0.5) is 0 Å². The van der Waals surface area contributed by atoms with E-state index in [1.54, 1.807) is 0 Å². The van der Waals surface area contributed by atoms with Crippen LogP contribution in [-0.2, 0) is 19.2 Å². The molecule has 0 aromatic carbocycles. The van der Waals surface area contributed by atoms with Crippen molar-refractivity contribution in [2.45, 2.75) is 37.8 Å². The summed E-state index contributed by atoms with van der Waals surface area (Å²) in [6.45, 7) is -0.326. The summed E-state index contributed by atoms with van der Waals surface area (Å²) in [6.07, 6.45) is 1.25. The summed E-state index contributed by atoms with van der Waals surface area (Å²) < 4.78 is 0. The molecule has 0 aromatic rings. The Morgan fingerprint density at radius 3 is 2.38 bits per heavy atom. The van der Waals surface area contributed by atoms with Crippen LogP contribution in [0.15, 0.2) is 0 Å². The van der Waals surface area contributed by atoms with E-state index >= 15 is 0 Å². The topological polar surface area (TPSA) is 144 Å². The summed E-state index contributed by atoms with van der Waals surface area (Å²) >= 11 is 0. The second-order valence-electron chi connectivity index (χ2n) is 4.72. The molecule has 1 aliphatic rings. The summed E-state index contributed by atoms with van der Waals surface area (Å²) in [5.41, 5.74) is 0. The number of hydrogen-bond acceptors (Lipinski definition) is 5. The zero-order chi connectivity index (χ0) is 16.0. The lowest BCUT2D eigenvalue weighted by Gasteiger charge is -2.32. The number of likely N-dealkylation sites (tertiary alicyclic amines) is 1. The summed E-state index contributed by atoms with van der Waals surface area (Å²) in [5, 5.41) is 28.6. The minimum absolute atomic E-state index is 0.140. The molecule has 0 unspecified atom stereocenters. The molecule has 1 fully saturated rings. The van der Waals surface area contributed by atoms with Crippen molar-refractivity contribution >= 4 is 23.8 Å². The van der Waals surface area contributed by atoms with E-state index in [1.807, 2.05) is 5.32 Å². The van der Waals surface area contributed by atoms with Crippen LogP contribution in [0.2, 0.25) is 0 Å². The van der Waals surface area contributed by atoms with Crippen molar-refractivity contribution in [3.05, 3.63) is 0 Å². The number of rotatable bonds is 5. The van der Waals surface area contributed by atoms with Crippen molar-refractivity contribution in [2.24, 2.45) is 0 Å². The molecule has 0 bridgehead atoms. The van der Waals surface area contributed by atoms with Crippen molar-refractivity contribution in [3.63, 3.8) is 0 Å². The fourth-order valence-corrected chi connectivity index (χ4v) is 2.17. The van der Waals surface area contributed by atoms with Gasteiger partial charge in [0.2, 0.25) is 0 Å². The largest absolute Gasteiger partial charge is 0.480 e. The highest BCUT2D eigenvalue weighted by atomic mass is 16.4. The molecule has 0 spiro atoms. The molecule has 1 saturated heterocycles. The van der Waals surface area contributed by atoms with Crippen LogP contribution >= 0.6 is 0 Å². The van der Waals surface area contributed by atoms with E-state index in [2.05, 4.69) is 0 Å². The van der Waals surface area contributed by atoms with Gasteiger partial charge in [-0.2, -0.15) is 0 Å². The average molecular weight is 302 g/mol. The Kier molecular flexibility index (Phi) is 6.10. The van der Waals surface area contributed by atoms with E-state index in [-0.39, 0.29) is 19.4 Å². The van der Waals surface area contributed by atoms with Crippen molar-refractivity contribution in [3.8, 4) is 0 Å². The second-order valence-corrected chi connectivity index (χ2v) is 4.72. The molecular weight excluding hydrogens is 284 g/mol. The molecule has 0 radical (unpaired) electrons. The first-order chi connectivity index (χ1) is 9.88. The molecule has 0 aromatic heterocycles. The molecule has 4 N–H and O–H groups in total. The second kappa shape index (κ2) is 7.58. The van der Waals surface area contributed by atoms with Gasteiger partial charge in [-0.1, -0.05) is 0 Å². The number of carbonyl (C=O) groups excluding carboxylic acids is 2. The summed E-state index contributed by atoms with van der Waals surface area (Å²) in [4.78, 5) is 46.6. The summed E-state index contributed by atoms with van der Waals surface area (Å²) in [5.74, 6) is -4.81. The van der Waals surface area contributed by atoms with Crippen LogP contribution in [0.5, 0.6) is 0 Å². The molecule has 1 aliphatic heterocycles. The number of nitrogens with one attached hydrogen (secondary N) is 1. The third-order valence-corrected chi connectivity index (χ3v) is 3.26. The van der Waals surface area contributed by atoms with E-state index in [0.29, 0.717) is 12.8 Å². The zero-order valence-corrected chi connectivity index (χ0v) is 11.3. The van der Waals surface area contributed by atoms with Gasteiger partial charge in [0.1, 0.15) is 12.1 Å². The molecule has 118 valence electrons. The van der Waals surface area contributed by atoms with Crippen molar-refractivity contribution in [1.82, 2.24) is 10.2 Å². The lowest BCUT2D eigenvalue weighted by atomic mass is 10.0. The fourth-order valence-electron chi connectivity index (χ4n) is 2.17. The van der Waals surface area contributed by atoms with E-state index in [1.165, 1.54) is 0 Å². The van der Waals surface area contributed by atoms with E-state index in [0.717, 1.165) is 4.90 Å². The molecular formula is C12H18N2O7. The number of carbonyl (C=O) groups is 4. The maximum absolute atomic E-state index is 12.0. The van der Waals surface area contributed by atoms with Gasteiger partial charge in [-0.25, -0.2) is 9.59 Å². The monoisotopic (exact) mass is 302 g/mol. The van der Waals surface area contributed by atoms with Gasteiger partial charge >= 0.3 is 23.8 Å². The van der Waals surface area contributed by atoms with E-state index in [4.69, 9.17) is 15.3 Å². The Morgan fingerprint density at radius 2 is 1.86 bits per heavy atom. The van der Waals surface area contributed by atoms with Gasteiger partial charge in [0.05, 0.1) is 0 Å². The first kappa shape index (κ1) is 16.9. The number of amides is 2. The Morgan fingerprint density at radius 1 is 1.19 bits per heavy atom. The van der Waals surface area contributed by atoms with Gasteiger partial charge in [0, 0.05) is 19.6 Å². The first-order valence-electron chi connectivity index (χ1n) is 6.56. The minimum Gasteiger partial charge on any atom is -0.480 e. The standard InChI is InChI=1S/C12H18N2O7/c15-6-4-7(11(18)19)13-9(16)10(17)14-5-2-1-3-8(14)12(20)21/h7-8,15H,1-6H2,(H,13,16)(H,18,19)(H,20,21)/t7-,8+/m1/s1. The maximum Gasteiger partial charge on any atom is 0.326 e. The number of aliphatic carboxylic acids is 2. The highest BCUT2D eigenvalue weighted by Gasteiger charge is 2.36. The van der Waals surface area contributed by atoms with Crippen LogP contribution in [0, 0.1) is 0 Å². The lowest BCUT2D eigenvalue weighted by molar-refractivity contribution is -0.157. The molecule has 0 saturated carbocycles. The highest BCUT2D eigenvalue weighted by molar-refractivity contribution is 6.35. The Balaban J connectivity index is 2.73. The van der Waals surface area contributed by atoms with Crippen molar-refractivity contribution in [1.29, 1.82) is 0 Å². The van der Waals surface area contributed by atoms with Gasteiger partial charge in [0.15, 0.2) is 0 Å². The number of piperidine rings is 1. The number of aliphatic hydroxyl groups is 1. The van der Waals surface area contributed by atoms with Crippen LogP contribution in [0.3, 0.4) is 0 Å². The average Bonchev–Trinajstić information content (AvgIpc) is 2.45. The van der Waals surface area contributed by atoms with Crippen LogP contribution in [0.25, 0.3) is 0 Å². The summed E-state index contributed by atoms with van der Waals surface area (Å²) in [7, 11) is 0. The Bertz CT molecular complexity index is 437. The minimum atomic E-state index is -1.39. The van der Waals surface area contributed by atoms with Crippen LogP contribution in [0.1, 0.15) is 25.7 Å². The molecule has 1 rings (SSSR count). The molecule has 21 heavy (non-hydrogen) atoms. The first-order valence-corrected chi connectivity index (χ1v) is 6.56. The quantitative estimate of drug-likeness (QED) is 0.448. The zero-order valence-electron chi connectivity index (χ0n) is 11.3. The molecule has 9 heteroatoms. The normalized spacial score (nSPS) is 19.7. The van der Waals surface area contributed by atoms with Crippen molar-refractivity contribution < 1.29 is 34.5 Å². The van der Waals surface area contributed by atoms with E-state index < -0.39 is 42.4 Å². The predicted octanol–water partition coefficient (Wildman–Crippen LogP) is -1.60. The number of aliphatic hydroxyl groups excluding tert-OH is 1. The van der Waals surface area contributed by atoms with Gasteiger partial charge in [0.25, 0.3) is 0 Å². The molecule has 9 nitrogen and oxygen atoms in total. The van der Waals surface area contributed by atoms with Crippen molar-refractivity contribution in [2.75, 3.05) is 13.2 Å². The van der Waals surface area contributed by atoms with Gasteiger partial charge in [-0.3, -0.25) is 9.59 Å². The van der Waals surface area contributed by atoms with Gasteiger partial charge < -0.3 is 25.5 Å². The van der Waals surface area contributed by atoms with Gasteiger partial charge in [-0.05, 0) is 19.3 Å². The van der Waals surface area contributed by atoms with E-state index in [9.17, 15) is 19.2 Å². The molecule has 2 atom stereocenters. The SMILES string of the molecule is O=C(N[C@H](CCO)C(=O)O)C(=O)N1CCCC[C@H]1C(=O)O. The van der Waals surface area contributed by atoms with Gasteiger partial charge in [-0.15, -0.1) is 0 Å². The smallest absolute Gasteiger partial charge is 0.326 e. The maximum atomic E-state index is 12.0. The van der Waals surface area contributed by atoms with Crippen LogP contribution < -0.4 is 5.32 Å². The molecule has 2 amide bonds. The summed E-state index contributed by atoms with van der Waals surface area (Å²) in [6, 6.07) is -2.46. The lowest BCUT2D eigenvalue weighted by Crippen LogP contribution is -2.55. The number of nitrogens with zero attached hydrogens (tertiary/aromatic N) is 1. The predicted molar refractivity (Wildman–Crippen MR) is 68.3 cm³/mol. The Labute approximate surface area is 120 Å². The molecule has 1 heterocycles.